The number of rotatable bonds is 3. The zero-order chi connectivity index (χ0) is 16.7. The molecule has 0 spiro atoms. The van der Waals surface area contributed by atoms with E-state index in [1.165, 1.54) is 16.8 Å². The Bertz CT molecular complexity index is 782. The molecule has 2 aromatic rings. The van der Waals surface area contributed by atoms with Crippen LogP contribution < -0.4 is 31.2 Å². The lowest BCUT2D eigenvalue weighted by molar-refractivity contribution is -0.679. The Kier molecular flexibility index (Phi) is 5.06. The fourth-order valence-electron chi connectivity index (χ4n) is 3.75. The third-order valence-electron chi connectivity index (χ3n) is 5.11. The Balaban J connectivity index is 0.00000182. The lowest BCUT2D eigenvalue weighted by atomic mass is 9.88. The smallest absolute Gasteiger partial charge is 0.231 e. The quantitative estimate of drug-likeness (QED) is 0.658. The monoisotopic (exact) mass is 362 g/mol. The SMILES string of the molecule is COc1c2c(cc3c1C(Cc1cccc[n+]1C)N(C)CC3)OCO2.[Cl-]. The molecule has 0 amide bonds. The van der Waals surface area contributed by atoms with Gasteiger partial charge in [0.25, 0.3) is 0 Å². The molecule has 3 heterocycles. The number of nitrogens with zero attached hydrogens (tertiary/aromatic N) is 2. The summed E-state index contributed by atoms with van der Waals surface area (Å²) in [5, 5.41) is 0. The third kappa shape index (κ3) is 3.02. The minimum atomic E-state index is 0. The van der Waals surface area contributed by atoms with E-state index in [-0.39, 0.29) is 25.2 Å². The minimum Gasteiger partial charge on any atom is -1.00 e. The number of hydrogen-bond acceptors (Lipinski definition) is 4. The maximum absolute atomic E-state index is 5.76. The second-order valence-corrected chi connectivity index (χ2v) is 6.47. The summed E-state index contributed by atoms with van der Waals surface area (Å²) in [5.74, 6) is 2.38. The molecule has 1 aromatic heterocycles. The molecule has 0 fully saturated rings. The highest BCUT2D eigenvalue weighted by atomic mass is 35.5. The molecule has 0 saturated carbocycles. The van der Waals surface area contributed by atoms with E-state index in [2.05, 4.69) is 54.0 Å². The second-order valence-electron chi connectivity index (χ2n) is 6.47. The fraction of sp³-hybridized carbons (Fsp3) is 0.421. The predicted molar refractivity (Wildman–Crippen MR) is 89.5 cm³/mol. The standard InChI is InChI=1S/C19H23N2O3.ClH/c1-20-8-5-4-6-14(20)11-15-17-13(7-9-21(15)2)10-16-18(19(17)22-3)24-12-23-16;/h4-6,8,10,15H,7,9,11-12H2,1-3H3;1H/q+1;/p-1. The molecule has 4 rings (SSSR count). The maximum Gasteiger partial charge on any atom is 0.231 e. The van der Waals surface area contributed by atoms with Crippen LogP contribution in [0.1, 0.15) is 22.9 Å². The fourth-order valence-corrected chi connectivity index (χ4v) is 3.75. The normalized spacial score (nSPS) is 18.4. The number of likely N-dealkylation sites (N-methyl/N-ethyl adjacent to an activating group) is 1. The van der Waals surface area contributed by atoms with Crippen LogP contribution in [-0.2, 0) is 19.9 Å². The van der Waals surface area contributed by atoms with Crippen molar-refractivity contribution in [3.8, 4) is 17.2 Å². The van der Waals surface area contributed by atoms with Crippen molar-refractivity contribution < 1.29 is 31.2 Å². The lowest BCUT2D eigenvalue weighted by Crippen LogP contribution is -3.00. The largest absolute Gasteiger partial charge is 1.00 e. The molecule has 0 bridgehead atoms. The predicted octanol–water partition coefficient (Wildman–Crippen LogP) is -0.976. The van der Waals surface area contributed by atoms with Gasteiger partial charge in [-0.1, -0.05) is 6.07 Å². The highest BCUT2D eigenvalue weighted by molar-refractivity contribution is 5.61. The zero-order valence-electron chi connectivity index (χ0n) is 14.8. The number of halogens is 1. The minimum absolute atomic E-state index is 0. The molecule has 0 aliphatic carbocycles. The average molecular weight is 363 g/mol. The van der Waals surface area contributed by atoms with Crippen molar-refractivity contribution in [3.63, 3.8) is 0 Å². The van der Waals surface area contributed by atoms with Gasteiger partial charge in [0, 0.05) is 30.3 Å². The van der Waals surface area contributed by atoms with E-state index < -0.39 is 0 Å². The number of aryl methyl sites for hydroxylation is 1. The van der Waals surface area contributed by atoms with E-state index in [4.69, 9.17) is 14.2 Å². The van der Waals surface area contributed by atoms with Crippen molar-refractivity contribution in [2.45, 2.75) is 18.9 Å². The van der Waals surface area contributed by atoms with Gasteiger partial charge >= 0.3 is 0 Å². The van der Waals surface area contributed by atoms with Gasteiger partial charge in [0.1, 0.15) is 7.05 Å². The van der Waals surface area contributed by atoms with Crippen LogP contribution >= 0.6 is 0 Å². The molecule has 1 aromatic carbocycles. The number of benzene rings is 1. The molecular weight excluding hydrogens is 340 g/mol. The van der Waals surface area contributed by atoms with E-state index in [9.17, 15) is 0 Å². The summed E-state index contributed by atoms with van der Waals surface area (Å²) < 4.78 is 19.2. The van der Waals surface area contributed by atoms with Gasteiger partial charge < -0.3 is 26.6 Å². The van der Waals surface area contributed by atoms with Gasteiger partial charge in [-0.05, 0) is 25.1 Å². The first-order valence-electron chi connectivity index (χ1n) is 8.32. The van der Waals surface area contributed by atoms with Gasteiger partial charge in [0.15, 0.2) is 23.4 Å². The molecule has 0 N–H and O–H groups in total. The van der Waals surface area contributed by atoms with Crippen molar-refractivity contribution in [2.75, 3.05) is 27.5 Å². The summed E-state index contributed by atoms with van der Waals surface area (Å²) in [4.78, 5) is 2.40. The van der Waals surface area contributed by atoms with Crippen molar-refractivity contribution in [3.05, 3.63) is 47.3 Å². The zero-order valence-corrected chi connectivity index (χ0v) is 15.5. The molecule has 2 aliphatic heterocycles. The molecule has 1 unspecified atom stereocenters. The topological polar surface area (TPSA) is 34.8 Å². The van der Waals surface area contributed by atoms with Crippen LogP contribution in [0.4, 0.5) is 0 Å². The van der Waals surface area contributed by atoms with E-state index in [1.54, 1.807) is 7.11 Å². The molecule has 25 heavy (non-hydrogen) atoms. The van der Waals surface area contributed by atoms with Gasteiger partial charge in [-0.25, -0.2) is 4.57 Å². The summed E-state index contributed by atoms with van der Waals surface area (Å²) in [6.45, 7) is 1.29. The molecule has 6 heteroatoms. The lowest BCUT2D eigenvalue weighted by Gasteiger charge is -2.35. The van der Waals surface area contributed by atoms with Crippen molar-refractivity contribution in [2.24, 2.45) is 7.05 Å². The van der Waals surface area contributed by atoms with Crippen LogP contribution in [0, 0.1) is 0 Å². The number of aromatic nitrogens is 1. The van der Waals surface area contributed by atoms with Crippen LogP contribution in [0.5, 0.6) is 17.2 Å². The highest BCUT2D eigenvalue weighted by Crippen LogP contribution is 2.49. The second kappa shape index (κ2) is 7.10. The molecule has 5 nitrogen and oxygen atoms in total. The summed E-state index contributed by atoms with van der Waals surface area (Å²) in [7, 11) is 5.99. The van der Waals surface area contributed by atoms with E-state index >= 15 is 0 Å². The van der Waals surface area contributed by atoms with Gasteiger partial charge in [-0.15, -0.1) is 0 Å². The molecule has 1 atom stereocenters. The third-order valence-corrected chi connectivity index (χ3v) is 5.11. The Morgan fingerprint density at radius 2 is 2.16 bits per heavy atom. The first-order chi connectivity index (χ1) is 11.7. The van der Waals surface area contributed by atoms with Gasteiger partial charge in [0.2, 0.25) is 12.5 Å². The Morgan fingerprint density at radius 1 is 1.32 bits per heavy atom. The Labute approximate surface area is 154 Å². The first-order valence-corrected chi connectivity index (χ1v) is 8.32. The number of fused-ring (bicyclic) bond motifs is 2. The molecule has 0 saturated heterocycles. The van der Waals surface area contributed by atoms with Crippen LogP contribution in [0.25, 0.3) is 0 Å². The number of methoxy groups -OCH3 is 1. The van der Waals surface area contributed by atoms with Crippen LogP contribution in [-0.4, -0.2) is 32.4 Å². The Hall–Kier alpha value is -1.98. The summed E-state index contributed by atoms with van der Waals surface area (Å²) in [6, 6.07) is 8.72. The summed E-state index contributed by atoms with van der Waals surface area (Å²) in [5.41, 5.74) is 3.83. The van der Waals surface area contributed by atoms with Crippen molar-refractivity contribution in [1.29, 1.82) is 0 Å². The van der Waals surface area contributed by atoms with Crippen LogP contribution in [0.2, 0.25) is 0 Å². The molecule has 2 aliphatic rings. The molecule has 134 valence electrons. The summed E-state index contributed by atoms with van der Waals surface area (Å²) in [6.07, 6.45) is 4.02. The molecule has 0 radical (unpaired) electrons. The van der Waals surface area contributed by atoms with Crippen LogP contribution in [0.3, 0.4) is 0 Å². The molecular formula is C19H23ClN2O3. The maximum atomic E-state index is 5.76. The summed E-state index contributed by atoms with van der Waals surface area (Å²) >= 11 is 0. The Morgan fingerprint density at radius 3 is 2.92 bits per heavy atom. The van der Waals surface area contributed by atoms with Crippen molar-refractivity contribution in [1.82, 2.24) is 4.90 Å². The van der Waals surface area contributed by atoms with E-state index in [0.29, 0.717) is 0 Å². The average Bonchev–Trinajstić information content (AvgIpc) is 3.05. The van der Waals surface area contributed by atoms with Gasteiger partial charge in [-0.3, -0.25) is 4.90 Å². The van der Waals surface area contributed by atoms with E-state index in [1.807, 2.05) is 0 Å². The number of pyridine rings is 1. The first kappa shape index (κ1) is 17.8. The highest BCUT2D eigenvalue weighted by Gasteiger charge is 2.35. The van der Waals surface area contributed by atoms with Gasteiger partial charge in [0.05, 0.1) is 13.5 Å². The van der Waals surface area contributed by atoms with Crippen molar-refractivity contribution >= 4 is 0 Å². The number of ether oxygens (including phenoxy) is 3. The van der Waals surface area contributed by atoms with Crippen LogP contribution in [0.15, 0.2) is 30.5 Å². The van der Waals surface area contributed by atoms with E-state index in [0.717, 1.165) is 36.6 Å². The van der Waals surface area contributed by atoms with Gasteiger partial charge in [-0.2, -0.15) is 0 Å². The number of hydrogen-bond donors (Lipinski definition) is 0.